The maximum atomic E-state index is 12.6. The van der Waals surface area contributed by atoms with E-state index < -0.39 is 0 Å². The highest BCUT2D eigenvalue weighted by atomic mass is 79.9. The molecule has 1 aliphatic rings. The van der Waals surface area contributed by atoms with Crippen molar-refractivity contribution in [2.24, 2.45) is 5.10 Å². The van der Waals surface area contributed by atoms with Gasteiger partial charge in [-0.05, 0) is 47.5 Å². The molecule has 3 aromatic carbocycles. The summed E-state index contributed by atoms with van der Waals surface area (Å²) in [6, 6.07) is 20.4. The van der Waals surface area contributed by atoms with E-state index in [1.807, 2.05) is 36.4 Å². The van der Waals surface area contributed by atoms with Gasteiger partial charge < -0.3 is 14.2 Å². The molecule has 0 unspecified atom stereocenters. The van der Waals surface area contributed by atoms with Gasteiger partial charge in [-0.1, -0.05) is 46.3 Å². The fourth-order valence-electron chi connectivity index (χ4n) is 2.76. The summed E-state index contributed by atoms with van der Waals surface area (Å²) in [7, 11) is 0. The zero-order valence-corrected chi connectivity index (χ0v) is 16.9. The molecule has 1 N–H and O–H groups in total. The fraction of sp³-hybridized carbons (Fsp3) is 0.0909. The molecule has 0 radical (unpaired) electrons. The number of hydrazone groups is 1. The van der Waals surface area contributed by atoms with Gasteiger partial charge in [0.1, 0.15) is 12.4 Å². The van der Waals surface area contributed by atoms with E-state index in [0.717, 1.165) is 15.6 Å². The van der Waals surface area contributed by atoms with E-state index in [1.54, 1.807) is 36.5 Å². The van der Waals surface area contributed by atoms with Crippen molar-refractivity contribution in [2.45, 2.75) is 6.61 Å². The highest BCUT2D eigenvalue weighted by molar-refractivity contribution is 9.10. The van der Waals surface area contributed by atoms with Gasteiger partial charge in [0.15, 0.2) is 11.5 Å². The van der Waals surface area contributed by atoms with Crippen LogP contribution in [0.5, 0.6) is 17.2 Å². The Balaban J connectivity index is 1.44. The monoisotopic (exact) mass is 452 g/mol. The van der Waals surface area contributed by atoms with E-state index in [9.17, 15) is 4.79 Å². The number of halogens is 1. The Bertz CT molecular complexity index is 1050. The third-order valence-electron chi connectivity index (χ3n) is 4.20. The number of rotatable bonds is 6. The topological polar surface area (TPSA) is 69.2 Å². The molecular weight excluding hydrogens is 436 g/mol. The van der Waals surface area contributed by atoms with Gasteiger partial charge in [0.05, 0.1) is 11.8 Å². The maximum Gasteiger partial charge on any atom is 0.275 e. The molecule has 0 aliphatic carbocycles. The van der Waals surface area contributed by atoms with Crippen LogP contribution < -0.4 is 19.6 Å². The van der Waals surface area contributed by atoms with Crippen LogP contribution in [0.4, 0.5) is 0 Å². The number of carbonyl (C=O) groups excluding carboxylic acids is 1. The van der Waals surface area contributed by atoms with Gasteiger partial charge in [-0.3, -0.25) is 4.79 Å². The minimum absolute atomic E-state index is 0.210. The first-order valence-electron chi connectivity index (χ1n) is 8.88. The van der Waals surface area contributed by atoms with Crippen molar-refractivity contribution in [3.63, 3.8) is 0 Å². The SMILES string of the molecule is O=C(NN=Cc1ccc2c(c1)OCO2)c1ccc(Br)cc1OCc1ccccc1. The summed E-state index contributed by atoms with van der Waals surface area (Å²) in [5.41, 5.74) is 4.73. The summed E-state index contributed by atoms with van der Waals surface area (Å²) < 4.78 is 17.3. The minimum Gasteiger partial charge on any atom is -0.488 e. The zero-order chi connectivity index (χ0) is 20.1. The quantitative estimate of drug-likeness (QED) is 0.440. The molecule has 6 nitrogen and oxygen atoms in total. The van der Waals surface area contributed by atoms with Crippen molar-refractivity contribution in [3.8, 4) is 17.2 Å². The van der Waals surface area contributed by atoms with Crippen LogP contribution in [0.3, 0.4) is 0 Å². The Labute approximate surface area is 176 Å². The molecule has 0 saturated carbocycles. The molecule has 7 heteroatoms. The first-order valence-corrected chi connectivity index (χ1v) is 9.68. The second-order valence-corrected chi connectivity index (χ2v) is 7.14. The third kappa shape index (κ3) is 4.75. The summed E-state index contributed by atoms with van der Waals surface area (Å²) in [5.74, 6) is 1.46. The molecule has 4 rings (SSSR count). The summed E-state index contributed by atoms with van der Waals surface area (Å²) in [6.45, 7) is 0.569. The van der Waals surface area contributed by atoms with Crippen molar-refractivity contribution in [2.75, 3.05) is 6.79 Å². The van der Waals surface area contributed by atoms with Crippen LogP contribution in [-0.4, -0.2) is 18.9 Å². The van der Waals surface area contributed by atoms with Gasteiger partial charge in [0.25, 0.3) is 5.91 Å². The smallest absolute Gasteiger partial charge is 0.275 e. The largest absolute Gasteiger partial charge is 0.488 e. The van der Waals surface area contributed by atoms with Crippen molar-refractivity contribution < 1.29 is 19.0 Å². The second-order valence-electron chi connectivity index (χ2n) is 6.23. The fourth-order valence-corrected chi connectivity index (χ4v) is 3.10. The van der Waals surface area contributed by atoms with E-state index >= 15 is 0 Å². The highest BCUT2D eigenvalue weighted by Crippen LogP contribution is 2.32. The van der Waals surface area contributed by atoms with Gasteiger partial charge in [-0.15, -0.1) is 0 Å². The molecule has 0 saturated heterocycles. The van der Waals surface area contributed by atoms with Gasteiger partial charge in [-0.25, -0.2) is 5.43 Å². The molecular formula is C22H17BrN2O4. The van der Waals surface area contributed by atoms with Crippen molar-refractivity contribution in [1.82, 2.24) is 5.43 Å². The summed E-state index contributed by atoms with van der Waals surface area (Å²) in [4.78, 5) is 12.6. The van der Waals surface area contributed by atoms with Crippen molar-refractivity contribution in [1.29, 1.82) is 0 Å². The number of amides is 1. The van der Waals surface area contributed by atoms with E-state index in [2.05, 4.69) is 26.5 Å². The predicted octanol–water partition coefficient (Wildman–Crippen LogP) is 4.52. The number of hydrogen-bond acceptors (Lipinski definition) is 5. The molecule has 0 bridgehead atoms. The first-order chi connectivity index (χ1) is 14.2. The Hall–Kier alpha value is -3.32. The highest BCUT2D eigenvalue weighted by Gasteiger charge is 2.14. The lowest BCUT2D eigenvalue weighted by atomic mass is 10.2. The Kier molecular flexibility index (Phi) is 5.76. The minimum atomic E-state index is -0.363. The van der Waals surface area contributed by atoms with Crippen molar-refractivity contribution >= 4 is 28.1 Å². The lowest BCUT2D eigenvalue weighted by Gasteiger charge is -2.11. The molecule has 0 aromatic heterocycles. The number of benzene rings is 3. The van der Waals surface area contributed by atoms with Crippen LogP contribution in [0.15, 0.2) is 76.3 Å². The number of nitrogens with zero attached hydrogens (tertiary/aromatic N) is 1. The van der Waals surface area contributed by atoms with Crippen LogP contribution in [0.25, 0.3) is 0 Å². The van der Waals surface area contributed by atoms with E-state index in [-0.39, 0.29) is 12.7 Å². The molecule has 0 fully saturated rings. The van der Waals surface area contributed by atoms with Gasteiger partial charge in [0, 0.05) is 4.47 Å². The number of ether oxygens (including phenoxy) is 3. The average Bonchev–Trinajstić information content (AvgIpc) is 3.21. The van der Waals surface area contributed by atoms with Crippen LogP contribution in [0.2, 0.25) is 0 Å². The van der Waals surface area contributed by atoms with Crippen LogP contribution in [0.1, 0.15) is 21.5 Å². The van der Waals surface area contributed by atoms with Gasteiger partial charge in [0.2, 0.25) is 6.79 Å². The second kappa shape index (κ2) is 8.79. The predicted molar refractivity (Wildman–Crippen MR) is 113 cm³/mol. The summed E-state index contributed by atoms with van der Waals surface area (Å²) in [5, 5.41) is 4.04. The standard InChI is InChI=1S/C22H17BrN2O4/c23-17-7-8-18(20(11-17)27-13-15-4-2-1-3-5-15)22(26)25-24-12-16-6-9-19-21(10-16)29-14-28-19/h1-12H,13-14H2,(H,25,26). The molecule has 3 aromatic rings. The Morgan fingerprint density at radius 1 is 1.07 bits per heavy atom. The molecule has 1 amide bonds. The number of nitrogens with one attached hydrogen (secondary N) is 1. The van der Waals surface area contributed by atoms with Crippen LogP contribution in [-0.2, 0) is 6.61 Å². The Morgan fingerprint density at radius 2 is 1.90 bits per heavy atom. The molecule has 0 atom stereocenters. The zero-order valence-electron chi connectivity index (χ0n) is 15.3. The van der Waals surface area contributed by atoms with Crippen LogP contribution >= 0.6 is 15.9 Å². The number of hydrogen-bond donors (Lipinski definition) is 1. The summed E-state index contributed by atoms with van der Waals surface area (Å²) >= 11 is 3.42. The van der Waals surface area contributed by atoms with Gasteiger partial charge in [-0.2, -0.15) is 5.10 Å². The summed E-state index contributed by atoms with van der Waals surface area (Å²) in [6.07, 6.45) is 1.54. The van der Waals surface area contributed by atoms with E-state index in [0.29, 0.717) is 29.4 Å². The normalized spacial score (nSPS) is 12.2. The third-order valence-corrected chi connectivity index (χ3v) is 4.70. The van der Waals surface area contributed by atoms with Crippen LogP contribution in [0, 0.1) is 0 Å². The molecule has 146 valence electrons. The lowest BCUT2D eigenvalue weighted by molar-refractivity contribution is 0.0950. The molecule has 1 heterocycles. The molecule has 29 heavy (non-hydrogen) atoms. The lowest BCUT2D eigenvalue weighted by Crippen LogP contribution is -2.18. The van der Waals surface area contributed by atoms with Gasteiger partial charge >= 0.3 is 0 Å². The average molecular weight is 453 g/mol. The van der Waals surface area contributed by atoms with Crippen molar-refractivity contribution in [3.05, 3.63) is 87.9 Å². The number of fused-ring (bicyclic) bond motifs is 1. The maximum absolute atomic E-state index is 12.6. The van der Waals surface area contributed by atoms with E-state index in [4.69, 9.17) is 14.2 Å². The Morgan fingerprint density at radius 3 is 2.76 bits per heavy atom. The first kappa shape index (κ1) is 19.0. The van der Waals surface area contributed by atoms with E-state index in [1.165, 1.54) is 0 Å². The molecule has 0 spiro atoms. The number of carbonyl (C=O) groups is 1. The molecule has 1 aliphatic heterocycles.